The van der Waals surface area contributed by atoms with Gasteiger partial charge >= 0.3 is 0 Å². The summed E-state index contributed by atoms with van der Waals surface area (Å²) < 4.78 is 11.0. The zero-order valence-electron chi connectivity index (χ0n) is 10.4. The molecule has 0 aromatic carbocycles. The molecule has 2 aliphatic rings. The van der Waals surface area contributed by atoms with Crippen LogP contribution in [0.3, 0.4) is 0 Å². The summed E-state index contributed by atoms with van der Waals surface area (Å²) in [6, 6.07) is 0. The van der Waals surface area contributed by atoms with E-state index in [4.69, 9.17) is 15.2 Å². The Kier molecular flexibility index (Phi) is 4.01. The molecule has 98 valence electrons. The SMILES string of the molecule is CC1(NC(=O)C2CCC(CN)O2)CCCOC1. The molecule has 17 heavy (non-hydrogen) atoms. The first-order chi connectivity index (χ1) is 8.13. The number of amides is 1. The summed E-state index contributed by atoms with van der Waals surface area (Å²) in [5.41, 5.74) is 5.29. The van der Waals surface area contributed by atoms with E-state index in [1.54, 1.807) is 0 Å². The van der Waals surface area contributed by atoms with Crippen LogP contribution in [0.15, 0.2) is 0 Å². The fourth-order valence-electron chi connectivity index (χ4n) is 2.48. The van der Waals surface area contributed by atoms with Gasteiger partial charge in [-0.1, -0.05) is 0 Å². The molecule has 0 aromatic rings. The van der Waals surface area contributed by atoms with Gasteiger partial charge < -0.3 is 20.5 Å². The number of rotatable bonds is 3. The predicted octanol–water partition coefficient (Wildman–Crippen LogP) is 0.178. The molecule has 0 aliphatic carbocycles. The Morgan fingerprint density at radius 3 is 2.94 bits per heavy atom. The van der Waals surface area contributed by atoms with E-state index in [1.165, 1.54) is 0 Å². The Bertz CT molecular complexity index is 277. The van der Waals surface area contributed by atoms with E-state index >= 15 is 0 Å². The first-order valence-electron chi connectivity index (χ1n) is 6.38. The van der Waals surface area contributed by atoms with Gasteiger partial charge in [0.15, 0.2) is 0 Å². The van der Waals surface area contributed by atoms with Gasteiger partial charge in [-0.25, -0.2) is 0 Å². The molecule has 2 fully saturated rings. The van der Waals surface area contributed by atoms with Crippen LogP contribution in [0.1, 0.15) is 32.6 Å². The lowest BCUT2D eigenvalue weighted by Crippen LogP contribution is -2.54. The fraction of sp³-hybridized carbons (Fsp3) is 0.917. The highest BCUT2D eigenvalue weighted by Crippen LogP contribution is 2.22. The third-order valence-corrected chi connectivity index (χ3v) is 3.53. The smallest absolute Gasteiger partial charge is 0.249 e. The average Bonchev–Trinajstić information content (AvgIpc) is 2.78. The highest BCUT2D eigenvalue weighted by molar-refractivity contribution is 5.81. The van der Waals surface area contributed by atoms with Crippen LogP contribution in [0, 0.1) is 0 Å². The molecule has 5 nitrogen and oxygen atoms in total. The van der Waals surface area contributed by atoms with Crippen molar-refractivity contribution in [2.75, 3.05) is 19.8 Å². The van der Waals surface area contributed by atoms with Gasteiger partial charge in [-0.2, -0.15) is 0 Å². The fourth-order valence-corrected chi connectivity index (χ4v) is 2.48. The molecule has 0 aromatic heterocycles. The Balaban J connectivity index is 1.84. The van der Waals surface area contributed by atoms with E-state index in [0.29, 0.717) is 13.2 Å². The minimum absolute atomic E-state index is 0.0195. The van der Waals surface area contributed by atoms with Crippen LogP contribution >= 0.6 is 0 Å². The van der Waals surface area contributed by atoms with Gasteiger partial charge in [0.1, 0.15) is 6.10 Å². The largest absolute Gasteiger partial charge is 0.379 e. The number of nitrogens with one attached hydrogen (secondary N) is 1. The summed E-state index contributed by atoms with van der Waals surface area (Å²) in [4.78, 5) is 12.0. The maximum atomic E-state index is 12.0. The predicted molar refractivity (Wildman–Crippen MR) is 63.6 cm³/mol. The number of hydrogen-bond acceptors (Lipinski definition) is 4. The second-order valence-corrected chi connectivity index (χ2v) is 5.27. The van der Waals surface area contributed by atoms with Crippen LogP contribution in [0.4, 0.5) is 0 Å². The lowest BCUT2D eigenvalue weighted by Gasteiger charge is -2.35. The maximum Gasteiger partial charge on any atom is 0.249 e. The van der Waals surface area contributed by atoms with Crippen molar-refractivity contribution < 1.29 is 14.3 Å². The monoisotopic (exact) mass is 242 g/mol. The molecular formula is C12H22N2O3. The van der Waals surface area contributed by atoms with Crippen LogP contribution in [0.2, 0.25) is 0 Å². The molecule has 0 radical (unpaired) electrons. The second-order valence-electron chi connectivity index (χ2n) is 5.27. The molecule has 1 amide bonds. The van der Waals surface area contributed by atoms with Gasteiger partial charge in [0.05, 0.1) is 18.2 Å². The number of ether oxygens (including phenoxy) is 2. The topological polar surface area (TPSA) is 73.6 Å². The standard InChI is InChI=1S/C12H22N2O3/c1-12(5-2-6-16-8-12)14-11(15)10-4-3-9(7-13)17-10/h9-10H,2-8,13H2,1H3,(H,14,15). The lowest BCUT2D eigenvalue weighted by atomic mass is 9.94. The highest BCUT2D eigenvalue weighted by Gasteiger charge is 2.35. The molecule has 3 atom stereocenters. The van der Waals surface area contributed by atoms with Crippen molar-refractivity contribution in [2.24, 2.45) is 5.73 Å². The maximum absolute atomic E-state index is 12.0. The van der Waals surface area contributed by atoms with Crippen LogP contribution in [0.25, 0.3) is 0 Å². The molecule has 5 heteroatoms. The molecule has 2 rings (SSSR count). The zero-order valence-corrected chi connectivity index (χ0v) is 10.4. The third kappa shape index (κ3) is 3.18. The Labute approximate surface area is 102 Å². The molecule has 0 bridgehead atoms. The molecule has 2 saturated heterocycles. The summed E-state index contributed by atoms with van der Waals surface area (Å²) in [6.45, 7) is 3.90. The Hall–Kier alpha value is -0.650. The van der Waals surface area contributed by atoms with Gasteiger partial charge in [0.25, 0.3) is 0 Å². The Morgan fingerprint density at radius 2 is 2.35 bits per heavy atom. The minimum Gasteiger partial charge on any atom is -0.379 e. The highest BCUT2D eigenvalue weighted by atomic mass is 16.5. The first kappa shape index (κ1) is 12.8. The molecule has 3 N–H and O–H groups in total. The van der Waals surface area contributed by atoms with Crippen LogP contribution < -0.4 is 11.1 Å². The van der Waals surface area contributed by atoms with Crippen molar-refractivity contribution in [3.05, 3.63) is 0 Å². The number of hydrogen-bond donors (Lipinski definition) is 2. The summed E-state index contributed by atoms with van der Waals surface area (Å²) >= 11 is 0. The van der Waals surface area contributed by atoms with Gasteiger partial charge in [-0.15, -0.1) is 0 Å². The van der Waals surface area contributed by atoms with E-state index in [9.17, 15) is 4.79 Å². The molecule has 3 unspecified atom stereocenters. The lowest BCUT2D eigenvalue weighted by molar-refractivity contribution is -0.135. The summed E-state index contributed by atoms with van der Waals surface area (Å²) in [5, 5.41) is 3.05. The van der Waals surface area contributed by atoms with Crippen LogP contribution in [0.5, 0.6) is 0 Å². The number of nitrogens with two attached hydrogens (primary N) is 1. The van der Waals surface area contributed by atoms with E-state index in [2.05, 4.69) is 5.32 Å². The van der Waals surface area contributed by atoms with Crippen molar-refractivity contribution >= 4 is 5.91 Å². The van der Waals surface area contributed by atoms with Crippen LogP contribution in [-0.2, 0) is 14.3 Å². The van der Waals surface area contributed by atoms with Gasteiger partial charge in [0, 0.05) is 13.2 Å². The molecule has 2 heterocycles. The van der Waals surface area contributed by atoms with Crippen molar-refractivity contribution in [1.29, 1.82) is 0 Å². The first-order valence-corrected chi connectivity index (χ1v) is 6.38. The van der Waals surface area contributed by atoms with Crippen LogP contribution in [-0.4, -0.2) is 43.4 Å². The quantitative estimate of drug-likeness (QED) is 0.740. The molecular weight excluding hydrogens is 220 g/mol. The van der Waals surface area contributed by atoms with E-state index in [1.807, 2.05) is 6.92 Å². The summed E-state index contributed by atoms with van der Waals surface area (Å²) in [5.74, 6) is -0.0195. The van der Waals surface area contributed by atoms with Gasteiger partial charge in [-0.3, -0.25) is 4.79 Å². The zero-order chi connectivity index (χ0) is 12.3. The van der Waals surface area contributed by atoms with Gasteiger partial charge in [-0.05, 0) is 32.6 Å². The normalized spacial score (nSPS) is 38.0. The van der Waals surface area contributed by atoms with Gasteiger partial charge in [0.2, 0.25) is 5.91 Å². The van der Waals surface area contributed by atoms with E-state index in [0.717, 1.165) is 32.3 Å². The van der Waals surface area contributed by atoms with E-state index < -0.39 is 0 Å². The second kappa shape index (κ2) is 5.33. The summed E-state index contributed by atoms with van der Waals surface area (Å²) in [6.07, 6.45) is 3.31. The van der Waals surface area contributed by atoms with Crippen molar-refractivity contribution in [3.63, 3.8) is 0 Å². The molecule has 0 spiro atoms. The average molecular weight is 242 g/mol. The summed E-state index contributed by atoms with van der Waals surface area (Å²) in [7, 11) is 0. The Morgan fingerprint density at radius 1 is 1.53 bits per heavy atom. The van der Waals surface area contributed by atoms with E-state index in [-0.39, 0.29) is 23.7 Å². The third-order valence-electron chi connectivity index (χ3n) is 3.53. The van der Waals surface area contributed by atoms with Crippen molar-refractivity contribution in [1.82, 2.24) is 5.32 Å². The minimum atomic E-state index is -0.331. The van der Waals surface area contributed by atoms with Crippen molar-refractivity contribution in [3.8, 4) is 0 Å². The van der Waals surface area contributed by atoms with Crippen molar-refractivity contribution in [2.45, 2.75) is 50.4 Å². The number of carbonyl (C=O) groups is 1. The molecule has 0 saturated carbocycles. The molecule has 2 aliphatic heterocycles. The number of carbonyl (C=O) groups excluding carboxylic acids is 1.